The number of likely N-dealkylation sites (tertiary alicyclic amines) is 1. The van der Waals surface area contributed by atoms with Crippen LogP contribution in [-0.2, 0) is 24.2 Å². The smallest absolute Gasteiger partial charge is 0.279 e. The van der Waals surface area contributed by atoms with Gasteiger partial charge in [-0.15, -0.1) is 16.4 Å². The van der Waals surface area contributed by atoms with Gasteiger partial charge in [0.15, 0.2) is 4.83 Å². The third kappa shape index (κ3) is 2.85. The molecule has 0 aromatic carbocycles. The summed E-state index contributed by atoms with van der Waals surface area (Å²) < 4.78 is 1.26. The number of fused-ring (bicyclic) bond motifs is 3. The fourth-order valence-electron chi connectivity index (χ4n) is 3.76. The van der Waals surface area contributed by atoms with Crippen LogP contribution in [-0.4, -0.2) is 38.9 Å². The van der Waals surface area contributed by atoms with Crippen molar-refractivity contribution in [2.24, 2.45) is 0 Å². The number of aryl methyl sites for hydroxylation is 2. The average molecular weight is 346 g/mol. The van der Waals surface area contributed by atoms with Crippen LogP contribution in [0.15, 0.2) is 4.79 Å². The van der Waals surface area contributed by atoms with Crippen LogP contribution < -0.4 is 5.56 Å². The van der Waals surface area contributed by atoms with E-state index in [4.69, 9.17) is 0 Å². The zero-order valence-corrected chi connectivity index (χ0v) is 14.6. The quantitative estimate of drug-likeness (QED) is 0.835. The summed E-state index contributed by atoms with van der Waals surface area (Å²) in [4.78, 5) is 29.3. The van der Waals surface area contributed by atoms with Crippen molar-refractivity contribution in [2.45, 2.75) is 57.9 Å². The van der Waals surface area contributed by atoms with Crippen molar-refractivity contribution < 1.29 is 4.79 Å². The van der Waals surface area contributed by atoms with Gasteiger partial charge in [-0.1, -0.05) is 18.1 Å². The second-order valence-electron chi connectivity index (χ2n) is 6.74. The molecule has 128 valence electrons. The van der Waals surface area contributed by atoms with E-state index in [1.807, 2.05) is 4.90 Å². The van der Waals surface area contributed by atoms with Crippen molar-refractivity contribution in [1.29, 1.82) is 0 Å². The molecule has 2 aromatic rings. The van der Waals surface area contributed by atoms with Gasteiger partial charge in [0.2, 0.25) is 5.91 Å². The van der Waals surface area contributed by atoms with Gasteiger partial charge in [-0.25, -0.2) is 4.68 Å². The fourth-order valence-corrected chi connectivity index (χ4v) is 4.96. The summed E-state index contributed by atoms with van der Waals surface area (Å²) in [6.07, 6.45) is 8.71. The molecule has 7 heteroatoms. The summed E-state index contributed by atoms with van der Waals surface area (Å²) in [6.45, 7) is 1.58. The molecular formula is C17H22N4O2S. The summed E-state index contributed by atoms with van der Waals surface area (Å²) in [5.41, 5.74) is 1.000. The van der Waals surface area contributed by atoms with Crippen LogP contribution in [0.2, 0.25) is 0 Å². The van der Waals surface area contributed by atoms with E-state index in [9.17, 15) is 9.59 Å². The number of hydrogen-bond donors (Lipinski definition) is 0. The molecule has 2 aromatic heterocycles. The third-order valence-corrected chi connectivity index (χ3v) is 6.26. The van der Waals surface area contributed by atoms with Gasteiger partial charge in [0.05, 0.1) is 5.39 Å². The number of hydrogen-bond acceptors (Lipinski definition) is 5. The highest BCUT2D eigenvalue weighted by molar-refractivity contribution is 7.18. The molecule has 0 N–H and O–H groups in total. The maximum absolute atomic E-state index is 12.8. The maximum atomic E-state index is 12.8. The third-order valence-electron chi connectivity index (χ3n) is 5.09. The lowest BCUT2D eigenvalue weighted by Gasteiger charge is -2.20. The Bertz CT molecular complexity index is 818. The Balaban J connectivity index is 1.63. The minimum Gasteiger partial charge on any atom is -0.341 e. The largest absolute Gasteiger partial charge is 0.341 e. The monoisotopic (exact) mass is 346 g/mol. The topological polar surface area (TPSA) is 68.1 Å². The second kappa shape index (κ2) is 6.63. The summed E-state index contributed by atoms with van der Waals surface area (Å²) in [6, 6.07) is 0. The Labute approximate surface area is 144 Å². The van der Waals surface area contributed by atoms with E-state index in [1.165, 1.54) is 28.8 Å². The van der Waals surface area contributed by atoms with E-state index in [1.54, 1.807) is 11.3 Å². The van der Waals surface area contributed by atoms with Crippen molar-refractivity contribution in [2.75, 3.05) is 13.1 Å². The number of carbonyl (C=O) groups is 1. The van der Waals surface area contributed by atoms with E-state index in [0.717, 1.165) is 55.6 Å². The van der Waals surface area contributed by atoms with Crippen LogP contribution in [0.1, 0.15) is 49.0 Å². The first-order valence-electron chi connectivity index (χ1n) is 8.90. The van der Waals surface area contributed by atoms with E-state index >= 15 is 0 Å². The Hall–Kier alpha value is -1.76. The average Bonchev–Trinajstić information content (AvgIpc) is 2.77. The summed E-state index contributed by atoms with van der Waals surface area (Å²) in [7, 11) is 0. The molecule has 2 aliphatic rings. The molecule has 3 heterocycles. The van der Waals surface area contributed by atoms with Gasteiger partial charge in [-0.2, -0.15) is 0 Å². The van der Waals surface area contributed by atoms with Gasteiger partial charge in [-0.05, 0) is 44.1 Å². The van der Waals surface area contributed by atoms with Crippen LogP contribution in [0.5, 0.6) is 0 Å². The van der Waals surface area contributed by atoms with Gasteiger partial charge in [0.25, 0.3) is 5.56 Å². The predicted octanol–water partition coefficient (Wildman–Crippen LogP) is 2.13. The van der Waals surface area contributed by atoms with Crippen LogP contribution in [0, 0.1) is 0 Å². The number of aromatic nitrogens is 3. The van der Waals surface area contributed by atoms with Crippen molar-refractivity contribution in [3.8, 4) is 0 Å². The number of amides is 1. The summed E-state index contributed by atoms with van der Waals surface area (Å²) in [5, 5.41) is 8.95. The Morgan fingerprint density at radius 3 is 2.58 bits per heavy atom. The SMILES string of the molecule is O=C(Cn1nnc2sc3c(c2c1=O)CCCC3)N1CCCCCC1. The molecule has 24 heavy (non-hydrogen) atoms. The Kier molecular flexibility index (Phi) is 4.35. The van der Waals surface area contributed by atoms with Gasteiger partial charge in [-0.3, -0.25) is 9.59 Å². The van der Waals surface area contributed by atoms with Crippen molar-refractivity contribution in [1.82, 2.24) is 19.9 Å². The lowest BCUT2D eigenvalue weighted by molar-refractivity contribution is -0.132. The predicted molar refractivity (Wildman–Crippen MR) is 93.4 cm³/mol. The van der Waals surface area contributed by atoms with E-state index in [0.29, 0.717) is 5.39 Å². The summed E-state index contributed by atoms with van der Waals surface area (Å²) >= 11 is 1.59. The molecule has 0 bridgehead atoms. The minimum absolute atomic E-state index is 0.00634. The molecule has 0 unspecified atom stereocenters. The molecule has 1 fully saturated rings. The molecule has 6 nitrogen and oxygen atoms in total. The van der Waals surface area contributed by atoms with Gasteiger partial charge >= 0.3 is 0 Å². The van der Waals surface area contributed by atoms with Gasteiger partial charge < -0.3 is 4.90 Å². The number of thiophene rings is 1. The molecule has 1 amide bonds. The molecule has 1 aliphatic heterocycles. The van der Waals surface area contributed by atoms with Crippen molar-refractivity contribution >= 4 is 27.5 Å². The van der Waals surface area contributed by atoms with E-state index in [2.05, 4.69) is 10.3 Å². The zero-order valence-electron chi connectivity index (χ0n) is 13.8. The Morgan fingerprint density at radius 2 is 1.79 bits per heavy atom. The first kappa shape index (κ1) is 15.7. The molecule has 0 radical (unpaired) electrons. The van der Waals surface area contributed by atoms with E-state index < -0.39 is 0 Å². The van der Waals surface area contributed by atoms with Crippen molar-refractivity contribution in [3.63, 3.8) is 0 Å². The Morgan fingerprint density at radius 1 is 1.04 bits per heavy atom. The van der Waals surface area contributed by atoms with Crippen LogP contribution in [0.3, 0.4) is 0 Å². The van der Waals surface area contributed by atoms with Crippen molar-refractivity contribution in [3.05, 3.63) is 20.8 Å². The fraction of sp³-hybridized carbons (Fsp3) is 0.647. The molecule has 1 aliphatic carbocycles. The maximum Gasteiger partial charge on any atom is 0.279 e. The molecule has 0 saturated carbocycles. The molecule has 4 rings (SSSR count). The second-order valence-corrected chi connectivity index (χ2v) is 7.82. The first-order valence-corrected chi connectivity index (χ1v) is 9.71. The lowest BCUT2D eigenvalue weighted by atomic mass is 9.97. The minimum atomic E-state index is -0.150. The highest BCUT2D eigenvalue weighted by Gasteiger charge is 2.22. The molecular weight excluding hydrogens is 324 g/mol. The van der Waals surface area contributed by atoms with E-state index in [-0.39, 0.29) is 18.0 Å². The highest BCUT2D eigenvalue weighted by Crippen LogP contribution is 2.33. The molecule has 0 atom stereocenters. The zero-order chi connectivity index (χ0) is 16.5. The number of carbonyl (C=O) groups excluding carboxylic acids is 1. The van der Waals surface area contributed by atoms with Gasteiger partial charge in [0.1, 0.15) is 6.54 Å². The highest BCUT2D eigenvalue weighted by atomic mass is 32.1. The lowest BCUT2D eigenvalue weighted by Crippen LogP contribution is -2.38. The number of rotatable bonds is 2. The number of nitrogens with zero attached hydrogens (tertiary/aromatic N) is 4. The standard InChI is InChI=1S/C17H22N4O2S/c22-14(20-9-5-1-2-6-10-20)11-21-17(23)15-12-7-3-4-8-13(12)24-16(15)18-19-21/h1-11H2. The molecule has 1 saturated heterocycles. The molecule has 0 spiro atoms. The first-order chi connectivity index (χ1) is 11.7. The van der Waals surface area contributed by atoms with Gasteiger partial charge in [0, 0.05) is 18.0 Å². The van der Waals surface area contributed by atoms with Crippen LogP contribution >= 0.6 is 11.3 Å². The van der Waals surface area contributed by atoms with Crippen LogP contribution in [0.4, 0.5) is 0 Å². The van der Waals surface area contributed by atoms with Crippen LogP contribution in [0.25, 0.3) is 10.2 Å². The summed E-state index contributed by atoms with van der Waals surface area (Å²) in [5.74, 6) is -0.0169. The normalized spacial score (nSPS) is 18.4.